The zero-order chi connectivity index (χ0) is 16.4. The van der Waals surface area contributed by atoms with Crippen molar-refractivity contribution < 1.29 is 19.4 Å². The molecule has 130 valence electrons. The standard InChI is InChI=1S/C18H34O4/c1-14(2)16-10-9-15(3)13-17(16)22-18(20)21-12-8-6-4-5-7-11-19/h14-17,19H,4-13H2,1-3H3. The van der Waals surface area contributed by atoms with E-state index in [-0.39, 0.29) is 12.7 Å². The Morgan fingerprint density at radius 1 is 1.14 bits per heavy atom. The van der Waals surface area contributed by atoms with E-state index in [4.69, 9.17) is 14.6 Å². The predicted molar refractivity (Wildman–Crippen MR) is 87.7 cm³/mol. The van der Waals surface area contributed by atoms with Gasteiger partial charge < -0.3 is 14.6 Å². The van der Waals surface area contributed by atoms with Gasteiger partial charge in [0.05, 0.1) is 6.61 Å². The van der Waals surface area contributed by atoms with Gasteiger partial charge >= 0.3 is 6.16 Å². The molecule has 0 bridgehead atoms. The van der Waals surface area contributed by atoms with E-state index in [1.165, 1.54) is 6.42 Å². The molecule has 4 heteroatoms. The Labute approximate surface area is 135 Å². The highest BCUT2D eigenvalue weighted by atomic mass is 16.7. The molecule has 3 atom stereocenters. The monoisotopic (exact) mass is 314 g/mol. The summed E-state index contributed by atoms with van der Waals surface area (Å²) in [5.74, 6) is 1.62. The van der Waals surface area contributed by atoms with Crippen LogP contribution < -0.4 is 0 Å². The lowest BCUT2D eigenvalue weighted by molar-refractivity contribution is -0.0321. The van der Waals surface area contributed by atoms with Crippen LogP contribution in [0.3, 0.4) is 0 Å². The van der Waals surface area contributed by atoms with E-state index in [0.717, 1.165) is 44.9 Å². The molecule has 0 aromatic rings. The largest absolute Gasteiger partial charge is 0.508 e. The maximum Gasteiger partial charge on any atom is 0.508 e. The van der Waals surface area contributed by atoms with Gasteiger partial charge in [-0.3, -0.25) is 0 Å². The first kappa shape index (κ1) is 19.3. The SMILES string of the molecule is CC1CCC(C(C)C)C(OC(=O)OCCCCCCCO)C1. The van der Waals surface area contributed by atoms with Crippen LogP contribution in [0.25, 0.3) is 0 Å². The van der Waals surface area contributed by atoms with Gasteiger partial charge in [-0.1, -0.05) is 46.5 Å². The Hall–Kier alpha value is -0.770. The first-order valence-electron chi connectivity index (χ1n) is 8.98. The Kier molecular flexibility index (Phi) is 9.53. The lowest BCUT2D eigenvalue weighted by Crippen LogP contribution is -2.36. The van der Waals surface area contributed by atoms with Crippen LogP contribution in [0.1, 0.15) is 72.1 Å². The van der Waals surface area contributed by atoms with Gasteiger partial charge in [0.15, 0.2) is 0 Å². The molecule has 0 aromatic carbocycles. The maximum atomic E-state index is 11.8. The van der Waals surface area contributed by atoms with Crippen LogP contribution in [0.4, 0.5) is 4.79 Å². The molecular formula is C18H34O4. The Bertz CT molecular complexity index is 303. The van der Waals surface area contributed by atoms with Crippen LogP contribution in [-0.4, -0.2) is 30.6 Å². The summed E-state index contributed by atoms with van der Waals surface area (Å²) in [6, 6.07) is 0. The molecule has 3 unspecified atom stereocenters. The number of ether oxygens (including phenoxy) is 2. The minimum Gasteiger partial charge on any atom is -0.434 e. The molecule has 0 radical (unpaired) electrons. The van der Waals surface area contributed by atoms with Crippen molar-refractivity contribution >= 4 is 6.16 Å². The zero-order valence-corrected chi connectivity index (χ0v) is 14.6. The van der Waals surface area contributed by atoms with Crippen LogP contribution in [0.2, 0.25) is 0 Å². The van der Waals surface area contributed by atoms with Crippen molar-refractivity contribution in [2.75, 3.05) is 13.2 Å². The normalized spacial score (nSPS) is 25.2. The number of aliphatic hydroxyl groups excluding tert-OH is 1. The van der Waals surface area contributed by atoms with E-state index < -0.39 is 6.16 Å². The molecule has 22 heavy (non-hydrogen) atoms. The summed E-state index contributed by atoms with van der Waals surface area (Å²) in [5, 5.41) is 8.69. The summed E-state index contributed by atoms with van der Waals surface area (Å²) in [6.07, 6.45) is 7.72. The topological polar surface area (TPSA) is 55.8 Å². The van der Waals surface area contributed by atoms with Gasteiger partial charge in [0.1, 0.15) is 6.10 Å². The number of unbranched alkanes of at least 4 members (excludes halogenated alkanes) is 4. The van der Waals surface area contributed by atoms with E-state index in [9.17, 15) is 4.79 Å². The molecule has 0 aromatic heterocycles. The molecule has 4 nitrogen and oxygen atoms in total. The fourth-order valence-corrected chi connectivity index (χ4v) is 3.31. The number of rotatable bonds is 9. The maximum absolute atomic E-state index is 11.8. The quantitative estimate of drug-likeness (QED) is 0.501. The first-order chi connectivity index (χ1) is 10.5. The van der Waals surface area contributed by atoms with Crippen molar-refractivity contribution in [1.29, 1.82) is 0 Å². The number of carbonyl (C=O) groups is 1. The fraction of sp³-hybridized carbons (Fsp3) is 0.944. The van der Waals surface area contributed by atoms with Gasteiger partial charge in [-0.25, -0.2) is 4.79 Å². The molecule has 1 rings (SSSR count). The molecule has 1 aliphatic rings. The molecule has 0 heterocycles. The van der Waals surface area contributed by atoms with Gasteiger partial charge in [-0.05, 0) is 43.4 Å². The van der Waals surface area contributed by atoms with E-state index >= 15 is 0 Å². The Balaban J connectivity index is 2.19. The number of hydrogen-bond donors (Lipinski definition) is 1. The van der Waals surface area contributed by atoms with Crippen LogP contribution in [0, 0.1) is 17.8 Å². The molecule has 1 saturated carbocycles. The molecule has 0 spiro atoms. The third kappa shape index (κ3) is 7.48. The summed E-state index contributed by atoms with van der Waals surface area (Å²) in [4.78, 5) is 11.8. The smallest absolute Gasteiger partial charge is 0.434 e. The molecule has 1 fully saturated rings. The van der Waals surface area contributed by atoms with Crippen molar-refractivity contribution in [2.45, 2.75) is 78.2 Å². The van der Waals surface area contributed by atoms with Gasteiger partial charge in [0, 0.05) is 6.61 Å². The number of hydrogen-bond acceptors (Lipinski definition) is 4. The van der Waals surface area contributed by atoms with Crippen LogP contribution in [0.15, 0.2) is 0 Å². The highest BCUT2D eigenvalue weighted by Gasteiger charge is 2.33. The number of aliphatic hydroxyl groups is 1. The van der Waals surface area contributed by atoms with Gasteiger partial charge in [-0.2, -0.15) is 0 Å². The molecular weight excluding hydrogens is 280 g/mol. The molecule has 0 amide bonds. The average Bonchev–Trinajstić information content (AvgIpc) is 2.46. The second-order valence-corrected chi connectivity index (χ2v) is 7.07. The summed E-state index contributed by atoms with van der Waals surface area (Å²) >= 11 is 0. The summed E-state index contributed by atoms with van der Waals surface area (Å²) < 4.78 is 10.8. The van der Waals surface area contributed by atoms with Crippen LogP contribution in [0.5, 0.6) is 0 Å². The van der Waals surface area contributed by atoms with Crippen molar-refractivity contribution in [1.82, 2.24) is 0 Å². The summed E-state index contributed by atoms with van der Waals surface area (Å²) in [7, 11) is 0. The lowest BCUT2D eigenvalue weighted by Gasteiger charge is -2.36. The highest BCUT2D eigenvalue weighted by Crippen LogP contribution is 2.35. The van der Waals surface area contributed by atoms with Crippen molar-refractivity contribution in [3.05, 3.63) is 0 Å². The second kappa shape index (κ2) is 10.9. The summed E-state index contributed by atoms with van der Waals surface area (Å²) in [5.41, 5.74) is 0. The zero-order valence-electron chi connectivity index (χ0n) is 14.6. The third-order valence-corrected chi connectivity index (χ3v) is 4.73. The highest BCUT2D eigenvalue weighted by molar-refractivity contribution is 5.60. The van der Waals surface area contributed by atoms with E-state index in [1.54, 1.807) is 0 Å². The summed E-state index contributed by atoms with van der Waals surface area (Å²) in [6.45, 7) is 7.33. The lowest BCUT2D eigenvalue weighted by atomic mass is 9.75. The second-order valence-electron chi connectivity index (χ2n) is 7.07. The van der Waals surface area contributed by atoms with Gasteiger partial charge in [-0.15, -0.1) is 0 Å². The van der Waals surface area contributed by atoms with E-state index in [2.05, 4.69) is 20.8 Å². The van der Waals surface area contributed by atoms with Gasteiger partial charge in [0.25, 0.3) is 0 Å². The number of carbonyl (C=O) groups excluding carboxylic acids is 1. The Morgan fingerprint density at radius 3 is 2.50 bits per heavy atom. The van der Waals surface area contributed by atoms with Crippen molar-refractivity contribution in [3.63, 3.8) is 0 Å². The van der Waals surface area contributed by atoms with Crippen LogP contribution in [-0.2, 0) is 9.47 Å². The first-order valence-corrected chi connectivity index (χ1v) is 8.98. The Morgan fingerprint density at radius 2 is 1.82 bits per heavy atom. The molecule has 0 aliphatic heterocycles. The van der Waals surface area contributed by atoms with Crippen molar-refractivity contribution in [2.24, 2.45) is 17.8 Å². The fourth-order valence-electron chi connectivity index (χ4n) is 3.31. The van der Waals surface area contributed by atoms with Crippen LogP contribution >= 0.6 is 0 Å². The van der Waals surface area contributed by atoms with E-state index in [1.807, 2.05) is 0 Å². The predicted octanol–water partition coefficient (Wildman–Crippen LogP) is 4.54. The average molecular weight is 314 g/mol. The third-order valence-electron chi connectivity index (χ3n) is 4.73. The molecule has 1 N–H and O–H groups in total. The molecule has 1 aliphatic carbocycles. The minimum atomic E-state index is -0.500. The van der Waals surface area contributed by atoms with Gasteiger partial charge in [0.2, 0.25) is 0 Å². The minimum absolute atomic E-state index is 0.0146. The van der Waals surface area contributed by atoms with Crippen molar-refractivity contribution in [3.8, 4) is 0 Å². The molecule has 0 saturated heterocycles. The van der Waals surface area contributed by atoms with E-state index in [0.29, 0.717) is 24.4 Å².